The molecule has 64 valence electrons. The van der Waals surface area contributed by atoms with Crippen LogP contribution in [0.5, 0.6) is 0 Å². The second kappa shape index (κ2) is 3.17. The fraction of sp³-hybridized carbons (Fsp3) is 0.286. The molecule has 1 aromatic rings. The molecule has 0 saturated carbocycles. The van der Waals surface area contributed by atoms with Gasteiger partial charge < -0.3 is 14.4 Å². The van der Waals surface area contributed by atoms with Gasteiger partial charge in [0.05, 0.1) is 6.20 Å². The van der Waals surface area contributed by atoms with E-state index >= 15 is 0 Å². The lowest BCUT2D eigenvalue weighted by atomic mass is 10.0. The van der Waals surface area contributed by atoms with Crippen LogP contribution in [0.1, 0.15) is 17.2 Å². The van der Waals surface area contributed by atoms with Crippen LogP contribution in [0.25, 0.3) is 0 Å². The van der Waals surface area contributed by atoms with E-state index in [9.17, 15) is 9.59 Å². The van der Waals surface area contributed by atoms with Crippen molar-refractivity contribution in [1.29, 1.82) is 0 Å². The zero-order valence-corrected chi connectivity index (χ0v) is 6.35. The Bertz CT molecular complexity index is 304. The summed E-state index contributed by atoms with van der Waals surface area (Å²) < 4.78 is 4.63. The third-order valence-electron chi connectivity index (χ3n) is 1.53. The molecule has 0 aliphatic rings. The van der Waals surface area contributed by atoms with Crippen LogP contribution in [0, 0.1) is 6.92 Å². The molecule has 0 amide bonds. The fourth-order valence-electron chi connectivity index (χ4n) is 0.870. The number of rotatable bonds is 3. The molecule has 0 saturated heterocycles. The predicted molar refractivity (Wildman–Crippen MR) is 37.7 cm³/mol. The van der Waals surface area contributed by atoms with E-state index in [1.807, 2.05) is 0 Å². The van der Waals surface area contributed by atoms with Crippen molar-refractivity contribution in [1.82, 2.24) is 5.16 Å². The van der Waals surface area contributed by atoms with Crippen molar-refractivity contribution < 1.29 is 19.2 Å². The molecule has 12 heavy (non-hydrogen) atoms. The maximum atomic E-state index is 10.5. The zero-order chi connectivity index (χ0) is 9.14. The van der Waals surface area contributed by atoms with E-state index in [-0.39, 0.29) is 0 Å². The van der Waals surface area contributed by atoms with E-state index < -0.39 is 11.9 Å². The minimum absolute atomic E-state index is 0.303. The molecule has 0 aliphatic carbocycles. The van der Waals surface area contributed by atoms with Gasteiger partial charge in [0.15, 0.2) is 0 Å². The van der Waals surface area contributed by atoms with Gasteiger partial charge in [-0.05, 0) is 6.92 Å². The first-order chi connectivity index (χ1) is 5.66. The normalized spacial score (nSPS) is 12.4. The summed E-state index contributed by atoms with van der Waals surface area (Å²) >= 11 is 0. The average molecular weight is 169 g/mol. The molecule has 0 radical (unpaired) electrons. The van der Waals surface area contributed by atoms with Gasteiger partial charge in [0.25, 0.3) is 0 Å². The van der Waals surface area contributed by atoms with Crippen molar-refractivity contribution >= 4 is 12.3 Å². The van der Waals surface area contributed by atoms with E-state index in [1.54, 1.807) is 6.92 Å². The monoisotopic (exact) mass is 169 g/mol. The summed E-state index contributed by atoms with van der Waals surface area (Å²) in [6, 6.07) is 0. The SMILES string of the molecule is Cc1oncc1C(C=O)C(=O)O. The summed E-state index contributed by atoms with van der Waals surface area (Å²) in [6.45, 7) is 1.56. The highest BCUT2D eigenvalue weighted by atomic mass is 16.5. The second-order valence-corrected chi connectivity index (χ2v) is 2.29. The summed E-state index contributed by atoms with van der Waals surface area (Å²) in [7, 11) is 0. The van der Waals surface area contributed by atoms with Crippen LogP contribution in [0.15, 0.2) is 10.7 Å². The van der Waals surface area contributed by atoms with E-state index in [4.69, 9.17) is 5.11 Å². The van der Waals surface area contributed by atoms with Gasteiger partial charge in [0.2, 0.25) is 0 Å². The Hall–Kier alpha value is -1.65. The molecule has 1 heterocycles. The Labute approximate surface area is 68.0 Å². The fourth-order valence-corrected chi connectivity index (χ4v) is 0.870. The molecule has 0 fully saturated rings. The van der Waals surface area contributed by atoms with Crippen LogP contribution in [0.3, 0.4) is 0 Å². The van der Waals surface area contributed by atoms with Crippen LogP contribution in [0.2, 0.25) is 0 Å². The summed E-state index contributed by atoms with van der Waals surface area (Å²) in [6.07, 6.45) is 1.59. The Morgan fingerprint density at radius 1 is 1.83 bits per heavy atom. The van der Waals surface area contributed by atoms with Crippen LogP contribution in [-0.2, 0) is 9.59 Å². The zero-order valence-electron chi connectivity index (χ0n) is 6.35. The number of carbonyl (C=O) groups is 2. The van der Waals surface area contributed by atoms with Crippen molar-refractivity contribution in [2.24, 2.45) is 0 Å². The van der Waals surface area contributed by atoms with E-state index in [0.717, 1.165) is 0 Å². The molecule has 1 unspecified atom stereocenters. The first-order valence-electron chi connectivity index (χ1n) is 3.26. The molecule has 5 heteroatoms. The standard InChI is InChI=1S/C7H7NO4/c1-4-5(2-8-12-4)6(3-9)7(10)11/h2-3,6H,1H3,(H,10,11). The lowest BCUT2D eigenvalue weighted by molar-refractivity contribution is -0.140. The molecule has 0 bridgehead atoms. The average Bonchev–Trinajstić information content (AvgIpc) is 2.38. The number of carboxylic acid groups (broad SMARTS) is 1. The van der Waals surface area contributed by atoms with E-state index in [0.29, 0.717) is 17.6 Å². The van der Waals surface area contributed by atoms with Gasteiger partial charge in [-0.1, -0.05) is 5.16 Å². The highest BCUT2D eigenvalue weighted by Gasteiger charge is 2.23. The van der Waals surface area contributed by atoms with Crippen LogP contribution in [-0.4, -0.2) is 22.5 Å². The molecular weight excluding hydrogens is 162 g/mol. The number of aryl methyl sites for hydroxylation is 1. The number of carboxylic acids is 1. The maximum absolute atomic E-state index is 10.5. The van der Waals surface area contributed by atoms with Crippen LogP contribution in [0.4, 0.5) is 0 Å². The van der Waals surface area contributed by atoms with Crippen LogP contribution < -0.4 is 0 Å². The number of aldehydes is 1. The molecule has 0 aromatic carbocycles. The topological polar surface area (TPSA) is 80.4 Å². The summed E-state index contributed by atoms with van der Waals surface area (Å²) in [5.74, 6) is -2.01. The van der Waals surface area contributed by atoms with E-state index in [2.05, 4.69) is 9.68 Å². The van der Waals surface area contributed by atoms with E-state index in [1.165, 1.54) is 6.20 Å². The van der Waals surface area contributed by atoms with Gasteiger partial charge in [-0.2, -0.15) is 0 Å². The minimum atomic E-state index is -1.20. The first kappa shape index (κ1) is 8.45. The Morgan fingerprint density at radius 3 is 2.83 bits per heavy atom. The number of aromatic nitrogens is 1. The van der Waals surface area contributed by atoms with Crippen molar-refractivity contribution in [3.05, 3.63) is 17.5 Å². The Kier molecular flexibility index (Phi) is 2.23. The van der Waals surface area contributed by atoms with Crippen molar-refractivity contribution in [3.63, 3.8) is 0 Å². The van der Waals surface area contributed by atoms with Gasteiger partial charge in [-0.3, -0.25) is 4.79 Å². The number of aliphatic carboxylic acids is 1. The van der Waals surface area contributed by atoms with Crippen molar-refractivity contribution in [2.75, 3.05) is 0 Å². The lowest BCUT2D eigenvalue weighted by Crippen LogP contribution is -2.12. The van der Waals surface area contributed by atoms with Gasteiger partial charge >= 0.3 is 5.97 Å². The second-order valence-electron chi connectivity index (χ2n) is 2.29. The molecule has 1 aromatic heterocycles. The Morgan fingerprint density at radius 2 is 2.50 bits per heavy atom. The lowest BCUT2D eigenvalue weighted by Gasteiger charge is -1.99. The summed E-state index contributed by atoms with van der Waals surface area (Å²) in [4.78, 5) is 20.8. The summed E-state index contributed by atoms with van der Waals surface area (Å²) in [5, 5.41) is 11.9. The van der Waals surface area contributed by atoms with Crippen molar-refractivity contribution in [2.45, 2.75) is 12.8 Å². The highest BCUT2D eigenvalue weighted by molar-refractivity contribution is 5.92. The summed E-state index contributed by atoms with van der Waals surface area (Å²) in [5.41, 5.74) is 0.303. The number of hydrogen-bond donors (Lipinski definition) is 1. The molecule has 1 atom stereocenters. The molecular formula is C7H7NO4. The molecule has 1 N–H and O–H groups in total. The third kappa shape index (κ3) is 1.34. The smallest absolute Gasteiger partial charge is 0.318 e. The van der Waals surface area contributed by atoms with Crippen molar-refractivity contribution in [3.8, 4) is 0 Å². The maximum Gasteiger partial charge on any atom is 0.318 e. The molecule has 0 spiro atoms. The minimum Gasteiger partial charge on any atom is -0.480 e. The number of carbonyl (C=O) groups excluding carboxylic acids is 1. The quantitative estimate of drug-likeness (QED) is 0.521. The number of hydrogen-bond acceptors (Lipinski definition) is 4. The molecule has 1 rings (SSSR count). The Balaban J connectivity index is 3.02. The first-order valence-corrected chi connectivity index (χ1v) is 3.26. The predicted octanol–water partition coefficient (Wildman–Crippen LogP) is 0.350. The molecule has 0 aliphatic heterocycles. The van der Waals surface area contributed by atoms with Gasteiger partial charge in [-0.25, -0.2) is 0 Å². The largest absolute Gasteiger partial charge is 0.480 e. The number of nitrogens with zero attached hydrogens (tertiary/aromatic N) is 1. The molecule has 5 nitrogen and oxygen atoms in total. The third-order valence-corrected chi connectivity index (χ3v) is 1.53. The van der Waals surface area contributed by atoms with Crippen LogP contribution >= 0.6 is 0 Å². The van der Waals surface area contributed by atoms with Gasteiger partial charge in [0, 0.05) is 5.56 Å². The highest BCUT2D eigenvalue weighted by Crippen LogP contribution is 2.17. The van der Waals surface area contributed by atoms with Gasteiger partial charge in [-0.15, -0.1) is 0 Å². The van der Waals surface area contributed by atoms with Gasteiger partial charge in [0.1, 0.15) is 18.0 Å².